The average Bonchev–Trinajstić information content (AvgIpc) is 3.79. The lowest BCUT2D eigenvalue weighted by Gasteiger charge is -2.34. The topological polar surface area (TPSA) is 25.2 Å². The van der Waals surface area contributed by atoms with Gasteiger partial charge in [-0.3, -0.25) is 0 Å². The Morgan fingerprint density at radius 2 is 0.982 bits per heavy atom. The number of furan rings is 1. The second-order valence-corrected chi connectivity index (χ2v) is 14.5. The van der Waals surface area contributed by atoms with Gasteiger partial charge in [-0.1, -0.05) is 176 Å². The number of para-hydroxylation sites is 1. The monoisotopic (exact) mass is 701 g/mol. The lowest BCUT2D eigenvalue weighted by molar-refractivity contribution is 0.674. The first-order valence-electron chi connectivity index (χ1n) is 18.9. The molecule has 55 heavy (non-hydrogen) atoms. The molecule has 1 aliphatic carbocycles. The number of anilines is 2. The van der Waals surface area contributed by atoms with E-state index in [0.717, 1.165) is 49.8 Å². The Bertz CT molecular complexity index is 3010. The lowest BCUT2D eigenvalue weighted by Crippen LogP contribution is -2.28. The van der Waals surface area contributed by atoms with E-state index in [1.54, 1.807) is 0 Å². The maximum absolute atomic E-state index is 6.63. The Balaban J connectivity index is 0.967. The number of nitrogens with one attached hydrogen (secondary N) is 1. The minimum atomic E-state index is -0.428. The van der Waals surface area contributed by atoms with Crippen molar-refractivity contribution in [2.45, 2.75) is 5.41 Å². The molecule has 10 aromatic rings. The maximum Gasteiger partial charge on any atom is 0.143 e. The molecule has 0 unspecified atom stereocenters. The Morgan fingerprint density at radius 3 is 1.80 bits per heavy atom. The van der Waals surface area contributed by atoms with Crippen molar-refractivity contribution in [3.05, 3.63) is 229 Å². The summed E-state index contributed by atoms with van der Waals surface area (Å²) in [5.74, 6) is 0. The number of benzene rings is 9. The molecule has 11 rings (SSSR count). The molecule has 0 bridgehead atoms. The molecule has 0 fully saturated rings. The van der Waals surface area contributed by atoms with E-state index in [9.17, 15) is 0 Å². The van der Waals surface area contributed by atoms with Gasteiger partial charge in [0.05, 0.1) is 5.41 Å². The highest BCUT2D eigenvalue weighted by molar-refractivity contribution is 6.17. The van der Waals surface area contributed by atoms with Crippen molar-refractivity contribution in [3.8, 4) is 33.4 Å². The van der Waals surface area contributed by atoms with Crippen molar-refractivity contribution >= 4 is 44.1 Å². The lowest BCUT2D eigenvalue weighted by atomic mass is 9.67. The number of fused-ring (bicyclic) bond motifs is 8. The van der Waals surface area contributed by atoms with Gasteiger partial charge in [-0.05, 0) is 85.8 Å². The summed E-state index contributed by atoms with van der Waals surface area (Å²) < 4.78 is 6.63. The SMILES string of the molecule is c1ccc(C2(c3ccccc3)c3ccccc3-c3c(-c4cccc(Nc5ccc(-c6cccc7c6oc6c8ccccc8ccc76)cc5)c4)cccc32)cc1. The summed E-state index contributed by atoms with van der Waals surface area (Å²) >= 11 is 0. The molecular formula is C53H35NO. The van der Waals surface area contributed by atoms with Crippen molar-refractivity contribution in [1.29, 1.82) is 0 Å². The molecule has 0 saturated heterocycles. The van der Waals surface area contributed by atoms with Gasteiger partial charge in [0.2, 0.25) is 0 Å². The number of rotatable bonds is 6. The smallest absolute Gasteiger partial charge is 0.143 e. The predicted octanol–water partition coefficient (Wildman–Crippen LogP) is 14.2. The summed E-state index contributed by atoms with van der Waals surface area (Å²) in [6.07, 6.45) is 0. The molecule has 1 aromatic heterocycles. The second kappa shape index (κ2) is 12.5. The van der Waals surface area contributed by atoms with Crippen LogP contribution in [0.3, 0.4) is 0 Å². The zero-order valence-electron chi connectivity index (χ0n) is 30.0. The minimum Gasteiger partial charge on any atom is -0.455 e. The van der Waals surface area contributed by atoms with Gasteiger partial charge in [-0.15, -0.1) is 0 Å². The standard InChI is InChI=1S/C53H35NO/c1-3-16-38(17-4-1)53(39-18-5-2-6-19-39)48-26-10-9-22-47(48)50-42(23-13-27-49(50)53)37-15-11-20-41(34-37)54-40-31-28-36(29-32-40)44-24-12-25-45-46-33-30-35-14-7-8-21-43(35)52(46)55-51(44)45/h1-34,54H. The zero-order chi connectivity index (χ0) is 36.3. The summed E-state index contributed by atoms with van der Waals surface area (Å²) in [5, 5.41) is 8.31. The minimum absolute atomic E-state index is 0.428. The quantitative estimate of drug-likeness (QED) is 0.187. The van der Waals surface area contributed by atoms with Crippen LogP contribution in [0, 0.1) is 0 Å². The largest absolute Gasteiger partial charge is 0.455 e. The fourth-order valence-electron chi connectivity index (χ4n) is 9.15. The second-order valence-electron chi connectivity index (χ2n) is 14.5. The van der Waals surface area contributed by atoms with Crippen LogP contribution >= 0.6 is 0 Å². The molecule has 258 valence electrons. The van der Waals surface area contributed by atoms with Crippen LogP contribution in [0.4, 0.5) is 11.4 Å². The van der Waals surface area contributed by atoms with Crippen LogP contribution < -0.4 is 5.32 Å². The molecule has 1 heterocycles. The molecule has 1 N–H and O–H groups in total. The molecule has 2 heteroatoms. The molecule has 0 aliphatic heterocycles. The van der Waals surface area contributed by atoms with Crippen molar-refractivity contribution in [2.24, 2.45) is 0 Å². The highest BCUT2D eigenvalue weighted by Crippen LogP contribution is 2.58. The van der Waals surface area contributed by atoms with Gasteiger partial charge >= 0.3 is 0 Å². The third kappa shape index (κ3) is 4.82. The normalized spacial score (nSPS) is 12.9. The van der Waals surface area contributed by atoms with Gasteiger partial charge in [0, 0.05) is 33.1 Å². The van der Waals surface area contributed by atoms with E-state index in [1.165, 1.54) is 49.9 Å². The molecule has 0 saturated carbocycles. The molecule has 0 atom stereocenters. The number of hydrogen-bond donors (Lipinski definition) is 1. The first-order valence-corrected chi connectivity index (χ1v) is 18.9. The van der Waals surface area contributed by atoms with Crippen LogP contribution in [0.1, 0.15) is 22.3 Å². The van der Waals surface area contributed by atoms with Crippen LogP contribution in [0.25, 0.3) is 66.1 Å². The van der Waals surface area contributed by atoms with E-state index < -0.39 is 5.41 Å². The van der Waals surface area contributed by atoms with E-state index in [-0.39, 0.29) is 0 Å². The molecule has 0 spiro atoms. The van der Waals surface area contributed by atoms with Crippen molar-refractivity contribution in [3.63, 3.8) is 0 Å². The summed E-state index contributed by atoms with van der Waals surface area (Å²) in [4.78, 5) is 0. The van der Waals surface area contributed by atoms with Crippen LogP contribution in [-0.2, 0) is 5.41 Å². The molecular weight excluding hydrogens is 667 g/mol. The Kier molecular flexibility index (Phi) is 7.11. The van der Waals surface area contributed by atoms with Gasteiger partial charge in [0.15, 0.2) is 0 Å². The van der Waals surface area contributed by atoms with Crippen molar-refractivity contribution < 1.29 is 4.42 Å². The number of hydrogen-bond acceptors (Lipinski definition) is 2. The van der Waals surface area contributed by atoms with Crippen LogP contribution in [0.2, 0.25) is 0 Å². The van der Waals surface area contributed by atoms with Crippen molar-refractivity contribution in [1.82, 2.24) is 0 Å². The highest BCUT2D eigenvalue weighted by atomic mass is 16.3. The Morgan fingerprint density at radius 1 is 0.364 bits per heavy atom. The van der Waals surface area contributed by atoms with Gasteiger partial charge in [0.1, 0.15) is 11.2 Å². The van der Waals surface area contributed by atoms with E-state index >= 15 is 0 Å². The third-order valence-corrected chi connectivity index (χ3v) is 11.5. The average molecular weight is 702 g/mol. The van der Waals surface area contributed by atoms with Crippen LogP contribution in [0.5, 0.6) is 0 Å². The van der Waals surface area contributed by atoms with Crippen LogP contribution in [0.15, 0.2) is 211 Å². The van der Waals surface area contributed by atoms with Crippen molar-refractivity contribution in [2.75, 3.05) is 5.32 Å². The maximum atomic E-state index is 6.63. The zero-order valence-corrected chi connectivity index (χ0v) is 30.0. The summed E-state index contributed by atoms with van der Waals surface area (Å²) in [5.41, 5.74) is 15.8. The predicted molar refractivity (Wildman–Crippen MR) is 229 cm³/mol. The first-order chi connectivity index (χ1) is 27.3. The summed E-state index contributed by atoms with van der Waals surface area (Å²) in [6, 6.07) is 74.5. The Hall–Kier alpha value is -7.16. The van der Waals surface area contributed by atoms with E-state index in [0.29, 0.717) is 0 Å². The molecule has 0 radical (unpaired) electrons. The fraction of sp³-hybridized carbons (Fsp3) is 0.0189. The van der Waals surface area contributed by atoms with Gasteiger partial charge in [0.25, 0.3) is 0 Å². The first kappa shape index (κ1) is 31.4. The summed E-state index contributed by atoms with van der Waals surface area (Å²) in [6.45, 7) is 0. The van der Waals surface area contributed by atoms with E-state index in [1.807, 2.05) is 0 Å². The molecule has 2 nitrogen and oxygen atoms in total. The summed E-state index contributed by atoms with van der Waals surface area (Å²) in [7, 11) is 0. The van der Waals surface area contributed by atoms with Gasteiger partial charge in [-0.2, -0.15) is 0 Å². The molecule has 0 amide bonds. The van der Waals surface area contributed by atoms with Gasteiger partial charge in [-0.25, -0.2) is 0 Å². The third-order valence-electron chi connectivity index (χ3n) is 11.5. The van der Waals surface area contributed by atoms with Crippen LogP contribution in [-0.4, -0.2) is 0 Å². The Labute approximate surface area is 320 Å². The van der Waals surface area contributed by atoms with E-state index in [4.69, 9.17) is 4.42 Å². The molecule has 1 aliphatic rings. The molecule has 9 aromatic carbocycles. The highest BCUT2D eigenvalue weighted by Gasteiger charge is 2.46. The fourth-order valence-corrected chi connectivity index (χ4v) is 9.15. The van der Waals surface area contributed by atoms with Gasteiger partial charge < -0.3 is 9.73 Å². The van der Waals surface area contributed by atoms with E-state index in [2.05, 4.69) is 212 Å².